The summed E-state index contributed by atoms with van der Waals surface area (Å²) in [7, 11) is -3.60. The number of anilines is 1. The number of sulfonamides is 1. The first-order chi connectivity index (χ1) is 14.4. The number of hydrogen-bond acceptors (Lipinski definition) is 6. The summed E-state index contributed by atoms with van der Waals surface area (Å²) in [5.41, 5.74) is 2.34. The van der Waals surface area contributed by atoms with E-state index in [1.807, 2.05) is 31.2 Å². The maximum Gasteiger partial charge on any atom is 0.257 e. The fourth-order valence-electron chi connectivity index (χ4n) is 3.31. The topological polar surface area (TPSA) is 92.3 Å². The summed E-state index contributed by atoms with van der Waals surface area (Å²) in [4.78, 5) is 12.8. The quantitative estimate of drug-likeness (QED) is 0.646. The number of aryl methyl sites for hydroxylation is 1. The van der Waals surface area contributed by atoms with Crippen LogP contribution in [0.3, 0.4) is 0 Å². The molecule has 0 saturated carbocycles. The molecule has 0 bridgehead atoms. The summed E-state index contributed by atoms with van der Waals surface area (Å²) in [5.74, 6) is -0.419. The number of rotatable bonds is 5. The lowest BCUT2D eigenvalue weighted by Gasteiger charge is -2.26. The van der Waals surface area contributed by atoms with E-state index in [9.17, 15) is 13.2 Å². The number of nitrogens with one attached hydrogen (secondary N) is 1. The summed E-state index contributed by atoms with van der Waals surface area (Å²) in [6, 6.07) is 14.0. The van der Waals surface area contributed by atoms with Crippen LogP contribution in [0, 0.1) is 6.92 Å². The average Bonchev–Trinajstić information content (AvgIpc) is 3.23. The molecule has 2 heterocycles. The van der Waals surface area contributed by atoms with E-state index in [4.69, 9.17) is 0 Å². The number of carbonyl (C=O) groups excluding carboxylic acids is 1. The van der Waals surface area contributed by atoms with Gasteiger partial charge in [-0.3, -0.25) is 10.1 Å². The minimum absolute atomic E-state index is 0.134. The van der Waals surface area contributed by atoms with Gasteiger partial charge in [0.05, 0.1) is 4.90 Å². The molecule has 1 N–H and O–H groups in total. The van der Waals surface area contributed by atoms with Crippen molar-refractivity contribution >= 4 is 32.4 Å². The normalized spacial score (nSPS) is 15.1. The summed E-state index contributed by atoms with van der Waals surface area (Å²) in [5, 5.41) is 11.9. The van der Waals surface area contributed by atoms with Crippen LogP contribution in [-0.4, -0.2) is 41.9 Å². The van der Waals surface area contributed by atoms with Gasteiger partial charge in [0.2, 0.25) is 15.2 Å². The lowest BCUT2D eigenvalue weighted by molar-refractivity contribution is 0.102. The molecule has 4 rings (SSSR count). The van der Waals surface area contributed by atoms with E-state index < -0.39 is 15.9 Å². The predicted octanol–water partition coefficient (Wildman–Crippen LogP) is 3.94. The minimum atomic E-state index is -3.60. The highest BCUT2D eigenvalue weighted by molar-refractivity contribution is 7.89. The Bertz CT molecular complexity index is 1150. The molecule has 1 amide bonds. The average molecular weight is 443 g/mol. The van der Waals surface area contributed by atoms with Crippen molar-refractivity contribution in [2.24, 2.45) is 0 Å². The van der Waals surface area contributed by atoms with Gasteiger partial charge in [0.25, 0.3) is 5.91 Å². The third kappa shape index (κ3) is 4.43. The number of hydrogen-bond donors (Lipinski definition) is 1. The maximum absolute atomic E-state index is 12.9. The van der Waals surface area contributed by atoms with Crippen LogP contribution in [0.1, 0.15) is 35.2 Å². The third-order valence-electron chi connectivity index (χ3n) is 4.99. The number of piperidine rings is 1. The third-order valence-corrected chi connectivity index (χ3v) is 7.78. The highest BCUT2D eigenvalue weighted by atomic mass is 32.2. The number of benzene rings is 2. The van der Waals surface area contributed by atoms with Crippen LogP contribution >= 0.6 is 11.3 Å². The second-order valence-corrected chi connectivity index (χ2v) is 10.1. The molecule has 0 unspecified atom stereocenters. The molecule has 1 aliphatic heterocycles. The summed E-state index contributed by atoms with van der Waals surface area (Å²) in [6.45, 7) is 3.05. The number of nitrogens with zero attached hydrogens (tertiary/aromatic N) is 3. The van der Waals surface area contributed by atoms with Crippen LogP contribution in [0.5, 0.6) is 0 Å². The van der Waals surface area contributed by atoms with Crippen molar-refractivity contribution in [3.8, 4) is 10.6 Å². The van der Waals surface area contributed by atoms with Crippen LogP contribution in [-0.2, 0) is 10.0 Å². The summed E-state index contributed by atoms with van der Waals surface area (Å²) in [6.07, 6.45) is 2.76. The van der Waals surface area contributed by atoms with Crippen LogP contribution < -0.4 is 5.32 Å². The van der Waals surface area contributed by atoms with Crippen molar-refractivity contribution in [2.75, 3.05) is 18.4 Å². The molecule has 0 aliphatic carbocycles. The molecule has 0 radical (unpaired) electrons. The van der Waals surface area contributed by atoms with Crippen LogP contribution in [0.15, 0.2) is 53.4 Å². The number of amides is 1. The van der Waals surface area contributed by atoms with Crippen molar-refractivity contribution < 1.29 is 13.2 Å². The van der Waals surface area contributed by atoms with Gasteiger partial charge < -0.3 is 0 Å². The zero-order valence-electron chi connectivity index (χ0n) is 16.5. The van der Waals surface area contributed by atoms with Crippen molar-refractivity contribution in [3.05, 3.63) is 59.7 Å². The number of carbonyl (C=O) groups is 1. The zero-order valence-corrected chi connectivity index (χ0v) is 18.2. The van der Waals surface area contributed by atoms with Crippen molar-refractivity contribution in [2.45, 2.75) is 31.1 Å². The van der Waals surface area contributed by atoms with Gasteiger partial charge in [0, 0.05) is 24.2 Å². The van der Waals surface area contributed by atoms with Gasteiger partial charge in [-0.1, -0.05) is 53.7 Å². The highest BCUT2D eigenvalue weighted by Crippen LogP contribution is 2.27. The Morgan fingerprint density at radius 2 is 1.77 bits per heavy atom. The first kappa shape index (κ1) is 20.6. The predicted molar refractivity (Wildman–Crippen MR) is 117 cm³/mol. The second-order valence-electron chi connectivity index (χ2n) is 7.23. The van der Waals surface area contributed by atoms with E-state index in [0.29, 0.717) is 23.2 Å². The van der Waals surface area contributed by atoms with Crippen LogP contribution in [0.2, 0.25) is 0 Å². The molecule has 7 nitrogen and oxygen atoms in total. The minimum Gasteiger partial charge on any atom is -0.296 e. The molecule has 30 heavy (non-hydrogen) atoms. The van der Waals surface area contributed by atoms with Gasteiger partial charge in [0.1, 0.15) is 5.01 Å². The van der Waals surface area contributed by atoms with Gasteiger partial charge >= 0.3 is 0 Å². The molecule has 1 aromatic heterocycles. The van der Waals surface area contributed by atoms with Gasteiger partial charge in [-0.15, -0.1) is 10.2 Å². The van der Waals surface area contributed by atoms with E-state index in [0.717, 1.165) is 30.4 Å². The fraction of sp³-hybridized carbons (Fsp3) is 0.286. The maximum atomic E-state index is 12.9. The number of aromatic nitrogens is 2. The molecule has 1 aliphatic rings. The molecule has 3 aromatic rings. The Kier molecular flexibility index (Phi) is 5.94. The lowest BCUT2D eigenvalue weighted by Crippen LogP contribution is -2.35. The van der Waals surface area contributed by atoms with Crippen LogP contribution in [0.4, 0.5) is 5.13 Å². The van der Waals surface area contributed by atoms with Gasteiger partial charge in [-0.25, -0.2) is 8.42 Å². The van der Waals surface area contributed by atoms with E-state index in [1.165, 1.54) is 27.8 Å². The van der Waals surface area contributed by atoms with Crippen molar-refractivity contribution in [1.29, 1.82) is 0 Å². The standard InChI is InChI=1S/C21H22N4O3S2/c1-15-8-10-16(11-9-15)20-23-24-21(29-20)22-19(26)17-6-5-7-18(14-17)30(27,28)25-12-3-2-4-13-25/h5-11,14H,2-4,12-13H2,1H3,(H,22,24,26). The Labute approximate surface area is 179 Å². The molecular formula is C21H22N4O3S2. The molecule has 1 saturated heterocycles. The van der Waals surface area contributed by atoms with Gasteiger partial charge in [-0.05, 0) is 38.0 Å². The van der Waals surface area contributed by atoms with E-state index in [1.54, 1.807) is 12.1 Å². The Morgan fingerprint density at radius 3 is 2.50 bits per heavy atom. The molecule has 2 aromatic carbocycles. The Balaban J connectivity index is 1.50. The summed E-state index contributed by atoms with van der Waals surface area (Å²) < 4.78 is 27.2. The largest absolute Gasteiger partial charge is 0.296 e. The monoisotopic (exact) mass is 442 g/mol. The molecule has 156 valence electrons. The van der Waals surface area contributed by atoms with Crippen LogP contribution in [0.25, 0.3) is 10.6 Å². The van der Waals surface area contributed by atoms with Crippen molar-refractivity contribution in [1.82, 2.24) is 14.5 Å². The molecule has 9 heteroatoms. The lowest BCUT2D eigenvalue weighted by atomic mass is 10.2. The van der Waals surface area contributed by atoms with Crippen molar-refractivity contribution in [3.63, 3.8) is 0 Å². The second kappa shape index (κ2) is 8.63. The Morgan fingerprint density at radius 1 is 1.03 bits per heavy atom. The van der Waals surface area contributed by atoms with Gasteiger partial charge in [0.15, 0.2) is 0 Å². The highest BCUT2D eigenvalue weighted by Gasteiger charge is 2.26. The molecular weight excluding hydrogens is 420 g/mol. The van der Waals surface area contributed by atoms with Gasteiger partial charge in [-0.2, -0.15) is 4.31 Å². The molecule has 1 fully saturated rings. The smallest absolute Gasteiger partial charge is 0.257 e. The van der Waals surface area contributed by atoms with E-state index >= 15 is 0 Å². The first-order valence-corrected chi connectivity index (χ1v) is 12.0. The first-order valence-electron chi connectivity index (χ1n) is 9.75. The van der Waals surface area contributed by atoms with E-state index in [2.05, 4.69) is 15.5 Å². The van der Waals surface area contributed by atoms with E-state index in [-0.39, 0.29) is 10.5 Å². The molecule has 0 spiro atoms. The zero-order chi connectivity index (χ0) is 21.1. The fourth-order valence-corrected chi connectivity index (χ4v) is 5.62. The summed E-state index contributed by atoms with van der Waals surface area (Å²) >= 11 is 1.27. The Hall–Kier alpha value is -2.62. The molecule has 0 atom stereocenters. The SMILES string of the molecule is Cc1ccc(-c2nnc(NC(=O)c3cccc(S(=O)(=O)N4CCCCC4)c3)s2)cc1.